The normalized spacial score (nSPS) is 10.5. The summed E-state index contributed by atoms with van der Waals surface area (Å²) in [4.78, 5) is 15.2. The number of methoxy groups -OCH3 is 1. The molecule has 0 spiro atoms. The first-order chi connectivity index (χ1) is 8.02. The molecule has 1 rings (SSSR count). The second-order valence-electron chi connectivity index (χ2n) is 2.93. The van der Waals surface area contributed by atoms with E-state index in [1.54, 1.807) is 29.5 Å². The van der Waals surface area contributed by atoms with Gasteiger partial charge in [0.25, 0.3) is 6.43 Å². The molecule has 0 fully saturated rings. The molecule has 0 aliphatic rings. The van der Waals surface area contributed by atoms with Crippen molar-refractivity contribution >= 4 is 28.6 Å². The van der Waals surface area contributed by atoms with E-state index in [2.05, 4.69) is 4.98 Å². The third-order valence-corrected chi connectivity index (χ3v) is 2.91. The number of esters is 1. The molecule has 0 bridgehead atoms. The van der Waals surface area contributed by atoms with Crippen LogP contribution in [0.25, 0.3) is 0 Å². The molecule has 0 atom stereocenters. The van der Waals surface area contributed by atoms with Crippen molar-refractivity contribution in [1.82, 2.24) is 4.98 Å². The third-order valence-electron chi connectivity index (χ3n) is 1.91. The summed E-state index contributed by atoms with van der Waals surface area (Å²) in [5, 5.41) is 0. The van der Waals surface area contributed by atoms with Crippen molar-refractivity contribution in [1.29, 1.82) is 0 Å². The lowest BCUT2D eigenvalue weighted by molar-refractivity contribution is 0.0516. The molecule has 1 heterocycles. The quantitative estimate of drug-likeness (QED) is 0.614. The van der Waals surface area contributed by atoms with Crippen LogP contribution in [0.4, 0.5) is 8.78 Å². The van der Waals surface area contributed by atoms with E-state index in [1.165, 1.54) is 7.11 Å². The number of carbonyl (C=O) groups is 1. The van der Waals surface area contributed by atoms with Crippen molar-refractivity contribution in [3.8, 4) is 5.75 Å². The number of hydrogen-bond donors (Lipinski definition) is 0. The largest absolute Gasteiger partial charge is 0.495 e. The molecule has 0 N–H and O–H groups in total. The minimum atomic E-state index is -2.71. The fourth-order valence-corrected chi connectivity index (χ4v) is 2.08. The molecule has 17 heavy (non-hydrogen) atoms. The summed E-state index contributed by atoms with van der Waals surface area (Å²) in [5.41, 5.74) is -0.362. The highest BCUT2D eigenvalue weighted by molar-refractivity contribution is 14.1. The average Bonchev–Trinajstić information content (AvgIpc) is 2.28. The molecule has 0 radical (unpaired) electrons. The second-order valence-corrected chi connectivity index (χ2v) is 4.01. The Bertz CT molecular complexity index is 426. The minimum Gasteiger partial charge on any atom is -0.495 e. The Morgan fingerprint density at radius 3 is 2.71 bits per heavy atom. The summed E-state index contributed by atoms with van der Waals surface area (Å²) in [6.07, 6.45) is -1.78. The zero-order valence-electron chi connectivity index (χ0n) is 9.17. The Kier molecular flexibility index (Phi) is 5.03. The summed E-state index contributed by atoms with van der Waals surface area (Å²) in [7, 11) is 1.26. The van der Waals surface area contributed by atoms with Crippen LogP contribution < -0.4 is 4.74 Å². The Labute approximate surface area is 110 Å². The van der Waals surface area contributed by atoms with E-state index in [9.17, 15) is 13.6 Å². The Balaban J connectivity index is 3.24. The fraction of sp³-hybridized carbons (Fsp3) is 0.400. The average molecular weight is 357 g/mol. The van der Waals surface area contributed by atoms with Crippen molar-refractivity contribution in [2.45, 2.75) is 13.3 Å². The number of rotatable bonds is 4. The van der Waals surface area contributed by atoms with Crippen molar-refractivity contribution in [3.05, 3.63) is 21.0 Å². The molecule has 94 valence electrons. The van der Waals surface area contributed by atoms with Crippen LogP contribution in [0.3, 0.4) is 0 Å². The van der Waals surface area contributed by atoms with Crippen molar-refractivity contribution in [3.63, 3.8) is 0 Å². The highest BCUT2D eigenvalue weighted by atomic mass is 127. The predicted molar refractivity (Wildman–Crippen MR) is 64.4 cm³/mol. The fourth-order valence-electron chi connectivity index (χ4n) is 1.19. The van der Waals surface area contributed by atoms with Crippen molar-refractivity contribution < 1.29 is 23.0 Å². The molecule has 0 aliphatic carbocycles. The van der Waals surface area contributed by atoms with E-state index in [0.29, 0.717) is 0 Å². The second kappa shape index (κ2) is 6.08. The lowest BCUT2D eigenvalue weighted by atomic mass is 10.2. The van der Waals surface area contributed by atoms with E-state index < -0.39 is 12.4 Å². The highest BCUT2D eigenvalue weighted by Gasteiger charge is 2.23. The molecule has 0 unspecified atom stereocenters. The summed E-state index contributed by atoms with van der Waals surface area (Å²) in [6, 6.07) is 0. The smallest absolute Gasteiger partial charge is 0.358 e. The van der Waals surface area contributed by atoms with Crippen LogP contribution in [-0.4, -0.2) is 24.7 Å². The van der Waals surface area contributed by atoms with Crippen molar-refractivity contribution in [2.75, 3.05) is 13.7 Å². The van der Waals surface area contributed by atoms with E-state index >= 15 is 0 Å². The van der Waals surface area contributed by atoms with Gasteiger partial charge in [-0.05, 0) is 29.5 Å². The van der Waals surface area contributed by atoms with Crippen LogP contribution in [0.1, 0.15) is 29.4 Å². The van der Waals surface area contributed by atoms with Gasteiger partial charge in [0.05, 0.1) is 22.9 Å². The van der Waals surface area contributed by atoms with Gasteiger partial charge in [-0.2, -0.15) is 0 Å². The van der Waals surface area contributed by atoms with Gasteiger partial charge in [-0.1, -0.05) is 0 Å². The number of nitrogens with zero attached hydrogens (tertiary/aromatic N) is 1. The SMILES string of the molecule is CCOC(=O)c1ncc(C(F)F)c(OC)c1I. The van der Waals surface area contributed by atoms with Gasteiger partial charge in [-0.25, -0.2) is 18.6 Å². The van der Waals surface area contributed by atoms with Crippen LogP contribution in [-0.2, 0) is 4.74 Å². The number of ether oxygens (including phenoxy) is 2. The number of alkyl halides is 2. The van der Waals surface area contributed by atoms with Gasteiger partial charge in [0, 0.05) is 6.20 Å². The standard InChI is InChI=1S/C10H10F2INO3/c1-3-17-10(15)7-6(13)8(16-2)5(4-14-7)9(11)12/h4,9H,3H2,1-2H3. The Hall–Kier alpha value is -0.990. The van der Waals surface area contributed by atoms with Crippen LogP contribution in [0.15, 0.2) is 6.20 Å². The molecule has 4 nitrogen and oxygen atoms in total. The molecule has 7 heteroatoms. The molecule has 0 saturated heterocycles. The molecule has 0 aliphatic heterocycles. The number of hydrogen-bond acceptors (Lipinski definition) is 4. The van der Waals surface area contributed by atoms with E-state index in [-0.39, 0.29) is 27.2 Å². The maximum atomic E-state index is 12.6. The van der Waals surface area contributed by atoms with E-state index in [0.717, 1.165) is 6.20 Å². The lowest BCUT2D eigenvalue weighted by Gasteiger charge is -2.11. The van der Waals surface area contributed by atoms with Gasteiger partial charge in [0.15, 0.2) is 5.69 Å². The van der Waals surface area contributed by atoms with Gasteiger partial charge in [-0.15, -0.1) is 0 Å². The summed E-state index contributed by atoms with van der Waals surface area (Å²) >= 11 is 1.73. The minimum absolute atomic E-state index is 0.0197. The first kappa shape index (κ1) is 14.1. The maximum Gasteiger partial charge on any atom is 0.358 e. The highest BCUT2D eigenvalue weighted by Crippen LogP contribution is 2.33. The Morgan fingerprint density at radius 2 is 2.24 bits per heavy atom. The predicted octanol–water partition coefficient (Wildman–Crippen LogP) is 2.81. The van der Waals surface area contributed by atoms with E-state index in [4.69, 9.17) is 9.47 Å². The first-order valence-corrected chi connectivity index (χ1v) is 5.78. The summed E-state index contributed by atoms with van der Waals surface area (Å²) in [5.74, 6) is -0.699. The van der Waals surface area contributed by atoms with Gasteiger partial charge in [0.2, 0.25) is 0 Å². The molecule has 1 aromatic heterocycles. The number of aromatic nitrogens is 1. The number of halogens is 3. The molecule has 0 aromatic carbocycles. The zero-order valence-corrected chi connectivity index (χ0v) is 11.3. The first-order valence-electron chi connectivity index (χ1n) is 4.70. The molecule has 0 saturated carbocycles. The maximum absolute atomic E-state index is 12.6. The van der Waals surface area contributed by atoms with Crippen molar-refractivity contribution in [2.24, 2.45) is 0 Å². The van der Waals surface area contributed by atoms with Crippen LogP contribution in [0.5, 0.6) is 5.75 Å². The zero-order chi connectivity index (χ0) is 13.0. The van der Waals surface area contributed by atoms with Gasteiger partial charge in [-0.3, -0.25) is 0 Å². The monoisotopic (exact) mass is 357 g/mol. The number of pyridine rings is 1. The summed E-state index contributed by atoms with van der Waals surface area (Å²) in [6.45, 7) is 1.84. The van der Waals surface area contributed by atoms with Gasteiger partial charge < -0.3 is 9.47 Å². The van der Waals surface area contributed by atoms with Gasteiger partial charge >= 0.3 is 5.97 Å². The Morgan fingerprint density at radius 1 is 1.59 bits per heavy atom. The molecule has 1 aromatic rings. The third kappa shape index (κ3) is 3.02. The van der Waals surface area contributed by atoms with E-state index in [1.807, 2.05) is 0 Å². The van der Waals surface area contributed by atoms with Crippen LogP contribution in [0, 0.1) is 3.57 Å². The van der Waals surface area contributed by atoms with Gasteiger partial charge in [0.1, 0.15) is 5.75 Å². The topological polar surface area (TPSA) is 48.4 Å². The molecule has 0 amide bonds. The molecular formula is C10H10F2INO3. The lowest BCUT2D eigenvalue weighted by Crippen LogP contribution is -2.11. The number of carbonyl (C=O) groups excluding carboxylic acids is 1. The molecular weight excluding hydrogens is 347 g/mol. The van der Waals surface area contributed by atoms with Crippen LogP contribution in [0.2, 0.25) is 0 Å². The summed E-state index contributed by atoms with van der Waals surface area (Å²) < 4.78 is 35.1. The van der Waals surface area contributed by atoms with Crippen LogP contribution >= 0.6 is 22.6 Å².